The molecule has 0 amide bonds. The zero-order valence-electron chi connectivity index (χ0n) is 11.6. The molecular formula is C14H22N2O2S. The molecule has 1 atom stereocenters. The number of nitrogens with one attached hydrogen (secondary N) is 2. The summed E-state index contributed by atoms with van der Waals surface area (Å²) in [6.45, 7) is 4.69. The van der Waals surface area contributed by atoms with Crippen LogP contribution in [-0.4, -0.2) is 29.9 Å². The summed E-state index contributed by atoms with van der Waals surface area (Å²) in [7, 11) is 1.62. The van der Waals surface area contributed by atoms with Gasteiger partial charge in [0.1, 0.15) is 5.75 Å². The van der Waals surface area contributed by atoms with Crippen LogP contribution in [0.15, 0.2) is 24.3 Å². The number of aliphatic hydroxyl groups is 1. The molecule has 4 nitrogen and oxygen atoms in total. The number of hydrogen-bond acceptors (Lipinski definition) is 3. The van der Waals surface area contributed by atoms with Gasteiger partial charge in [0.2, 0.25) is 0 Å². The van der Waals surface area contributed by atoms with Crippen molar-refractivity contribution in [2.45, 2.75) is 32.4 Å². The molecule has 1 rings (SSSR count). The van der Waals surface area contributed by atoms with Crippen molar-refractivity contribution in [3.63, 3.8) is 0 Å². The zero-order chi connectivity index (χ0) is 14.3. The summed E-state index contributed by atoms with van der Waals surface area (Å²) in [6.07, 6.45) is 0.104. The lowest BCUT2D eigenvalue weighted by molar-refractivity contribution is 0.168. The van der Waals surface area contributed by atoms with Gasteiger partial charge in [-0.25, -0.2) is 0 Å². The quantitative estimate of drug-likeness (QED) is 0.697. The number of ether oxygens (including phenoxy) is 1. The molecule has 0 bridgehead atoms. The van der Waals surface area contributed by atoms with Crippen molar-refractivity contribution in [1.82, 2.24) is 10.6 Å². The van der Waals surface area contributed by atoms with Crippen LogP contribution >= 0.6 is 12.2 Å². The zero-order valence-corrected chi connectivity index (χ0v) is 12.5. The van der Waals surface area contributed by atoms with Gasteiger partial charge in [-0.2, -0.15) is 0 Å². The highest BCUT2D eigenvalue weighted by atomic mass is 32.1. The van der Waals surface area contributed by atoms with Crippen LogP contribution in [-0.2, 0) is 0 Å². The minimum absolute atomic E-state index is 0.312. The average molecular weight is 282 g/mol. The summed E-state index contributed by atoms with van der Waals surface area (Å²) in [4.78, 5) is 0. The number of aliphatic hydroxyl groups excluding tert-OH is 1. The van der Waals surface area contributed by atoms with E-state index < -0.39 is 6.10 Å². The lowest BCUT2D eigenvalue weighted by Gasteiger charge is -2.15. The van der Waals surface area contributed by atoms with Crippen molar-refractivity contribution >= 4 is 17.3 Å². The maximum atomic E-state index is 10.0. The standard InChI is InChI=1S/C14H22N2O2S/c1-10(2)16-14(19)15-9-8-13(17)11-4-6-12(18-3)7-5-11/h4-7,10,13,17H,8-9H2,1-3H3,(H2,15,16,19). The lowest BCUT2D eigenvalue weighted by atomic mass is 10.1. The van der Waals surface area contributed by atoms with Crippen molar-refractivity contribution in [3.8, 4) is 5.75 Å². The largest absolute Gasteiger partial charge is 0.497 e. The van der Waals surface area contributed by atoms with E-state index in [0.717, 1.165) is 11.3 Å². The Morgan fingerprint density at radius 1 is 1.32 bits per heavy atom. The minimum Gasteiger partial charge on any atom is -0.497 e. The molecule has 1 aromatic carbocycles. The van der Waals surface area contributed by atoms with Crippen LogP contribution in [0.1, 0.15) is 31.9 Å². The highest BCUT2D eigenvalue weighted by Gasteiger charge is 2.07. The van der Waals surface area contributed by atoms with E-state index in [1.54, 1.807) is 7.11 Å². The first-order valence-electron chi connectivity index (χ1n) is 6.39. The number of hydrogen-bond donors (Lipinski definition) is 3. The summed E-state index contributed by atoms with van der Waals surface area (Å²) in [5, 5.41) is 16.8. The van der Waals surface area contributed by atoms with Gasteiger partial charge in [-0.05, 0) is 50.2 Å². The number of thiocarbonyl (C=S) groups is 1. The van der Waals surface area contributed by atoms with E-state index in [0.29, 0.717) is 24.1 Å². The first kappa shape index (κ1) is 15.7. The summed E-state index contributed by atoms with van der Waals surface area (Å²) in [6, 6.07) is 7.74. The van der Waals surface area contributed by atoms with E-state index in [-0.39, 0.29) is 0 Å². The SMILES string of the molecule is COc1ccc(C(O)CCNC(=S)NC(C)C)cc1. The third-order valence-corrected chi connectivity index (χ3v) is 2.89. The van der Waals surface area contributed by atoms with E-state index in [1.807, 2.05) is 38.1 Å². The Labute approximate surface area is 120 Å². The van der Waals surface area contributed by atoms with Crippen LogP contribution in [0.3, 0.4) is 0 Å². The lowest BCUT2D eigenvalue weighted by Crippen LogP contribution is -2.39. The topological polar surface area (TPSA) is 53.5 Å². The second-order valence-electron chi connectivity index (χ2n) is 4.63. The van der Waals surface area contributed by atoms with Crippen molar-refractivity contribution < 1.29 is 9.84 Å². The van der Waals surface area contributed by atoms with Gasteiger partial charge in [0.05, 0.1) is 13.2 Å². The van der Waals surface area contributed by atoms with Gasteiger partial charge < -0.3 is 20.5 Å². The monoisotopic (exact) mass is 282 g/mol. The molecule has 3 N–H and O–H groups in total. The van der Waals surface area contributed by atoms with Crippen molar-refractivity contribution in [2.24, 2.45) is 0 Å². The van der Waals surface area contributed by atoms with Crippen LogP contribution in [0.5, 0.6) is 5.75 Å². The first-order chi connectivity index (χ1) is 9.02. The van der Waals surface area contributed by atoms with Crippen LogP contribution in [0.2, 0.25) is 0 Å². The minimum atomic E-state index is -0.500. The summed E-state index contributed by atoms with van der Waals surface area (Å²) >= 11 is 5.11. The normalized spacial score (nSPS) is 12.1. The van der Waals surface area contributed by atoms with Crippen molar-refractivity contribution in [2.75, 3.05) is 13.7 Å². The molecule has 0 saturated heterocycles. The molecule has 0 aliphatic carbocycles. The summed E-state index contributed by atoms with van der Waals surface area (Å²) in [5.74, 6) is 0.788. The maximum Gasteiger partial charge on any atom is 0.166 e. The second kappa shape index (κ2) is 7.96. The van der Waals surface area contributed by atoms with Gasteiger partial charge in [0, 0.05) is 12.6 Å². The van der Waals surface area contributed by atoms with E-state index in [4.69, 9.17) is 17.0 Å². The van der Waals surface area contributed by atoms with E-state index >= 15 is 0 Å². The molecule has 0 aromatic heterocycles. The Morgan fingerprint density at radius 3 is 2.47 bits per heavy atom. The Balaban J connectivity index is 2.34. The number of rotatable bonds is 6. The predicted octanol–water partition coefficient (Wildman–Crippen LogP) is 1.99. The molecule has 0 heterocycles. The van der Waals surface area contributed by atoms with Crippen LogP contribution in [0.4, 0.5) is 0 Å². The smallest absolute Gasteiger partial charge is 0.166 e. The van der Waals surface area contributed by atoms with Crippen LogP contribution in [0, 0.1) is 0 Å². The van der Waals surface area contributed by atoms with Crippen molar-refractivity contribution in [3.05, 3.63) is 29.8 Å². The highest BCUT2D eigenvalue weighted by Crippen LogP contribution is 2.19. The number of methoxy groups -OCH3 is 1. The highest BCUT2D eigenvalue weighted by molar-refractivity contribution is 7.80. The maximum absolute atomic E-state index is 10.0. The Bertz CT molecular complexity index is 393. The van der Waals surface area contributed by atoms with Gasteiger partial charge in [0.25, 0.3) is 0 Å². The van der Waals surface area contributed by atoms with Gasteiger partial charge >= 0.3 is 0 Å². The molecule has 0 aliphatic rings. The molecular weight excluding hydrogens is 260 g/mol. The third kappa shape index (κ3) is 5.89. The Morgan fingerprint density at radius 2 is 1.95 bits per heavy atom. The van der Waals surface area contributed by atoms with Crippen LogP contribution in [0.25, 0.3) is 0 Å². The predicted molar refractivity (Wildman–Crippen MR) is 81.4 cm³/mol. The Hall–Kier alpha value is -1.33. The van der Waals surface area contributed by atoms with Gasteiger partial charge in [-0.3, -0.25) is 0 Å². The van der Waals surface area contributed by atoms with E-state index in [9.17, 15) is 5.11 Å². The van der Waals surface area contributed by atoms with Gasteiger partial charge in [-0.1, -0.05) is 12.1 Å². The van der Waals surface area contributed by atoms with E-state index in [1.165, 1.54) is 0 Å². The van der Waals surface area contributed by atoms with E-state index in [2.05, 4.69) is 10.6 Å². The third-order valence-electron chi connectivity index (χ3n) is 2.62. The fraction of sp³-hybridized carbons (Fsp3) is 0.500. The molecule has 0 radical (unpaired) electrons. The molecule has 1 aromatic rings. The molecule has 0 saturated carbocycles. The average Bonchev–Trinajstić information content (AvgIpc) is 2.37. The molecule has 0 aliphatic heterocycles. The molecule has 106 valence electrons. The molecule has 5 heteroatoms. The Kier molecular flexibility index (Phi) is 6.59. The second-order valence-corrected chi connectivity index (χ2v) is 5.04. The van der Waals surface area contributed by atoms with Gasteiger partial charge in [0.15, 0.2) is 5.11 Å². The van der Waals surface area contributed by atoms with Crippen molar-refractivity contribution in [1.29, 1.82) is 0 Å². The molecule has 0 spiro atoms. The summed E-state index contributed by atoms with van der Waals surface area (Å²) in [5.41, 5.74) is 0.880. The first-order valence-corrected chi connectivity index (χ1v) is 6.80. The van der Waals surface area contributed by atoms with Gasteiger partial charge in [-0.15, -0.1) is 0 Å². The summed E-state index contributed by atoms with van der Waals surface area (Å²) < 4.78 is 5.08. The molecule has 1 unspecified atom stereocenters. The van der Waals surface area contributed by atoms with Crippen LogP contribution < -0.4 is 15.4 Å². The number of benzene rings is 1. The molecule has 0 fully saturated rings. The fourth-order valence-corrected chi connectivity index (χ4v) is 1.97. The fourth-order valence-electron chi connectivity index (χ4n) is 1.63. The molecule has 19 heavy (non-hydrogen) atoms.